The third-order valence-corrected chi connectivity index (χ3v) is 4.22. The van der Waals surface area contributed by atoms with Crippen LogP contribution in [0.2, 0.25) is 0 Å². The second-order valence-corrected chi connectivity index (χ2v) is 6.06. The van der Waals surface area contributed by atoms with Crippen LogP contribution in [0.4, 0.5) is 5.82 Å². The SMILES string of the molecule is COCc1nc(N[C@@H]2CC(Cn3ccnc3)C[C@H]2O)cc(OC)n1. The molecule has 1 unspecified atom stereocenters. The van der Waals surface area contributed by atoms with E-state index in [1.54, 1.807) is 32.8 Å². The van der Waals surface area contributed by atoms with E-state index in [0.717, 1.165) is 19.4 Å². The molecule has 3 rings (SSSR count). The normalized spacial score (nSPS) is 23.4. The van der Waals surface area contributed by atoms with E-state index in [-0.39, 0.29) is 6.04 Å². The van der Waals surface area contributed by atoms with E-state index in [1.807, 2.05) is 10.8 Å². The Balaban J connectivity index is 1.65. The molecule has 130 valence electrons. The van der Waals surface area contributed by atoms with Gasteiger partial charge in [0.2, 0.25) is 5.88 Å². The molecule has 0 spiro atoms. The van der Waals surface area contributed by atoms with Gasteiger partial charge in [0.25, 0.3) is 0 Å². The van der Waals surface area contributed by atoms with Gasteiger partial charge in [0.05, 0.1) is 25.6 Å². The number of aromatic nitrogens is 4. The predicted octanol–water partition coefficient (Wildman–Crippen LogP) is 1.08. The van der Waals surface area contributed by atoms with E-state index in [4.69, 9.17) is 9.47 Å². The van der Waals surface area contributed by atoms with Crippen LogP contribution in [0.25, 0.3) is 0 Å². The topological polar surface area (TPSA) is 94.3 Å². The Morgan fingerprint density at radius 3 is 2.92 bits per heavy atom. The number of anilines is 1. The molecule has 1 saturated carbocycles. The highest BCUT2D eigenvalue weighted by atomic mass is 16.5. The molecule has 2 heterocycles. The van der Waals surface area contributed by atoms with E-state index in [1.165, 1.54) is 0 Å². The van der Waals surface area contributed by atoms with Crippen LogP contribution in [0.3, 0.4) is 0 Å². The van der Waals surface area contributed by atoms with E-state index in [2.05, 4.69) is 20.3 Å². The highest BCUT2D eigenvalue weighted by Crippen LogP contribution is 2.30. The maximum atomic E-state index is 10.4. The van der Waals surface area contributed by atoms with Crippen LogP contribution in [0.15, 0.2) is 24.8 Å². The third-order valence-electron chi connectivity index (χ3n) is 4.22. The van der Waals surface area contributed by atoms with Crippen molar-refractivity contribution in [1.82, 2.24) is 19.5 Å². The van der Waals surface area contributed by atoms with Crippen molar-refractivity contribution < 1.29 is 14.6 Å². The molecule has 0 aromatic carbocycles. The number of aliphatic hydroxyl groups is 1. The van der Waals surface area contributed by atoms with Gasteiger partial charge in [-0.25, -0.2) is 9.97 Å². The molecule has 24 heavy (non-hydrogen) atoms. The first kappa shape index (κ1) is 16.7. The highest BCUT2D eigenvalue weighted by molar-refractivity contribution is 5.40. The van der Waals surface area contributed by atoms with Gasteiger partial charge in [0.1, 0.15) is 12.4 Å². The van der Waals surface area contributed by atoms with Crippen LogP contribution in [-0.2, 0) is 17.9 Å². The number of rotatable bonds is 7. The van der Waals surface area contributed by atoms with Crippen molar-refractivity contribution in [2.75, 3.05) is 19.5 Å². The van der Waals surface area contributed by atoms with Gasteiger partial charge in [-0.1, -0.05) is 0 Å². The summed E-state index contributed by atoms with van der Waals surface area (Å²) in [5.41, 5.74) is 0. The second-order valence-electron chi connectivity index (χ2n) is 6.06. The Kier molecular flexibility index (Phi) is 5.27. The molecular weight excluding hydrogens is 310 g/mol. The summed E-state index contributed by atoms with van der Waals surface area (Å²) in [5.74, 6) is 2.05. The molecule has 2 aromatic rings. The van der Waals surface area contributed by atoms with Crippen molar-refractivity contribution in [3.05, 3.63) is 30.6 Å². The van der Waals surface area contributed by atoms with Crippen molar-refractivity contribution in [3.63, 3.8) is 0 Å². The van der Waals surface area contributed by atoms with Crippen molar-refractivity contribution in [2.45, 2.75) is 38.1 Å². The lowest BCUT2D eigenvalue weighted by molar-refractivity contribution is 0.166. The molecule has 0 saturated heterocycles. The molecule has 1 aliphatic rings. The van der Waals surface area contributed by atoms with E-state index < -0.39 is 6.10 Å². The van der Waals surface area contributed by atoms with Crippen LogP contribution >= 0.6 is 0 Å². The highest BCUT2D eigenvalue weighted by Gasteiger charge is 2.33. The summed E-state index contributed by atoms with van der Waals surface area (Å²) in [6.07, 6.45) is 6.73. The quantitative estimate of drug-likeness (QED) is 0.783. The Hall–Kier alpha value is -2.19. The molecule has 1 fully saturated rings. The summed E-state index contributed by atoms with van der Waals surface area (Å²) in [5, 5.41) is 13.7. The predicted molar refractivity (Wildman–Crippen MR) is 87.7 cm³/mol. The average molecular weight is 333 g/mol. The van der Waals surface area contributed by atoms with Gasteiger partial charge >= 0.3 is 0 Å². The summed E-state index contributed by atoms with van der Waals surface area (Å²) in [6, 6.07) is 1.68. The lowest BCUT2D eigenvalue weighted by atomic mass is 10.1. The monoisotopic (exact) mass is 333 g/mol. The van der Waals surface area contributed by atoms with Gasteiger partial charge in [0, 0.05) is 32.1 Å². The van der Waals surface area contributed by atoms with Crippen LogP contribution in [0, 0.1) is 5.92 Å². The number of aliphatic hydroxyl groups excluding tert-OH is 1. The minimum absolute atomic E-state index is 0.0477. The number of methoxy groups -OCH3 is 2. The van der Waals surface area contributed by atoms with Crippen LogP contribution in [0.5, 0.6) is 5.88 Å². The summed E-state index contributed by atoms with van der Waals surface area (Å²) in [7, 11) is 3.16. The first-order chi connectivity index (χ1) is 11.7. The Bertz CT molecular complexity index is 649. The van der Waals surface area contributed by atoms with Gasteiger partial charge in [-0.15, -0.1) is 0 Å². The zero-order chi connectivity index (χ0) is 16.9. The molecule has 2 N–H and O–H groups in total. The number of ether oxygens (including phenoxy) is 2. The number of hydrogen-bond acceptors (Lipinski definition) is 7. The van der Waals surface area contributed by atoms with Crippen LogP contribution in [-0.4, -0.2) is 51.0 Å². The minimum Gasteiger partial charge on any atom is -0.481 e. The fourth-order valence-electron chi connectivity index (χ4n) is 3.15. The second kappa shape index (κ2) is 7.59. The van der Waals surface area contributed by atoms with Gasteiger partial charge in [-0.3, -0.25) is 0 Å². The molecule has 8 nitrogen and oxygen atoms in total. The van der Waals surface area contributed by atoms with Gasteiger partial charge in [0.15, 0.2) is 5.82 Å². The van der Waals surface area contributed by atoms with E-state index in [0.29, 0.717) is 30.0 Å². The van der Waals surface area contributed by atoms with Crippen molar-refractivity contribution in [3.8, 4) is 5.88 Å². The molecule has 0 aliphatic heterocycles. The molecule has 2 aromatic heterocycles. The minimum atomic E-state index is -0.412. The lowest BCUT2D eigenvalue weighted by Gasteiger charge is -2.18. The standard InChI is InChI=1S/C16H23N5O3/c1-23-9-15-19-14(7-16(20-15)24-2)18-12-5-11(6-13(12)22)8-21-4-3-17-10-21/h3-4,7,10-13,22H,5-6,8-9H2,1-2H3,(H,18,19,20)/t11?,12-,13-/m1/s1. The molecule has 0 radical (unpaired) electrons. The molecule has 0 amide bonds. The number of imidazole rings is 1. The first-order valence-corrected chi connectivity index (χ1v) is 7.99. The molecule has 8 heteroatoms. The fourth-order valence-corrected chi connectivity index (χ4v) is 3.15. The summed E-state index contributed by atoms with van der Waals surface area (Å²) >= 11 is 0. The summed E-state index contributed by atoms with van der Waals surface area (Å²) in [4.78, 5) is 12.7. The lowest BCUT2D eigenvalue weighted by Crippen LogP contribution is -2.28. The molecule has 1 aliphatic carbocycles. The number of hydrogen-bond donors (Lipinski definition) is 2. The molecule has 3 atom stereocenters. The number of nitrogens with zero attached hydrogens (tertiary/aromatic N) is 4. The Labute approximate surface area is 140 Å². The van der Waals surface area contributed by atoms with Gasteiger partial charge < -0.3 is 24.5 Å². The summed E-state index contributed by atoms with van der Waals surface area (Å²) < 4.78 is 12.3. The van der Waals surface area contributed by atoms with Crippen molar-refractivity contribution in [2.24, 2.45) is 5.92 Å². The fraction of sp³-hybridized carbons (Fsp3) is 0.562. The number of nitrogens with one attached hydrogen (secondary N) is 1. The zero-order valence-corrected chi connectivity index (χ0v) is 13.9. The Morgan fingerprint density at radius 1 is 1.33 bits per heavy atom. The maximum Gasteiger partial charge on any atom is 0.218 e. The average Bonchev–Trinajstić information content (AvgIpc) is 3.18. The van der Waals surface area contributed by atoms with Crippen molar-refractivity contribution in [1.29, 1.82) is 0 Å². The maximum absolute atomic E-state index is 10.4. The van der Waals surface area contributed by atoms with Gasteiger partial charge in [-0.05, 0) is 18.8 Å². The summed E-state index contributed by atoms with van der Waals surface area (Å²) in [6.45, 7) is 1.17. The first-order valence-electron chi connectivity index (χ1n) is 7.99. The van der Waals surface area contributed by atoms with Crippen LogP contribution in [0.1, 0.15) is 18.7 Å². The smallest absolute Gasteiger partial charge is 0.218 e. The Morgan fingerprint density at radius 2 is 2.21 bits per heavy atom. The molecule has 0 bridgehead atoms. The van der Waals surface area contributed by atoms with Crippen molar-refractivity contribution >= 4 is 5.82 Å². The third kappa shape index (κ3) is 4.01. The van der Waals surface area contributed by atoms with Crippen LogP contribution < -0.4 is 10.1 Å². The largest absolute Gasteiger partial charge is 0.481 e. The van der Waals surface area contributed by atoms with E-state index >= 15 is 0 Å². The van der Waals surface area contributed by atoms with Gasteiger partial charge in [-0.2, -0.15) is 4.98 Å². The molecular formula is C16H23N5O3. The van der Waals surface area contributed by atoms with E-state index in [9.17, 15) is 5.11 Å². The zero-order valence-electron chi connectivity index (χ0n) is 13.9.